The van der Waals surface area contributed by atoms with Gasteiger partial charge in [0.15, 0.2) is 0 Å². The van der Waals surface area contributed by atoms with E-state index in [9.17, 15) is 4.79 Å². The van der Waals surface area contributed by atoms with Crippen LogP contribution in [-0.4, -0.2) is 4.57 Å². The lowest BCUT2D eigenvalue weighted by atomic mass is 10.0. The number of hydrogen-bond acceptors (Lipinski definition) is 2. The molecule has 0 amide bonds. The van der Waals surface area contributed by atoms with E-state index in [1.54, 1.807) is 11.6 Å². The lowest BCUT2D eigenvalue weighted by Gasteiger charge is -2.09. The first-order valence-electron chi connectivity index (χ1n) is 6.11. The van der Waals surface area contributed by atoms with Crippen molar-refractivity contribution < 1.29 is 0 Å². The van der Waals surface area contributed by atoms with Gasteiger partial charge >= 0.3 is 0 Å². The van der Waals surface area contributed by atoms with Crippen LogP contribution in [0.4, 0.5) is 5.69 Å². The van der Waals surface area contributed by atoms with Crippen LogP contribution in [0.1, 0.15) is 0 Å². The summed E-state index contributed by atoms with van der Waals surface area (Å²) in [6, 6.07) is 17.2. The number of nitrogens with zero attached hydrogens (tertiary/aromatic N) is 1. The number of rotatable bonds is 1. The number of para-hydroxylation sites is 1. The standard InChI is InChI=1S/C16H14N2O/c1-18-15-8-3-2-5-12(15)10-14(16(18)19)11-6-4-7-13(17)9-11/h2-10H,17H2,1H3. The highest BCUT2D eigenvalue weighted by atomic mass is 16.1. The van der Waals surface area contributed by atoms with Crippen LogP contribution in [-0.2, 0) is 7.05 Å². The van der Waals surface area contributed by atoms with Crippen molar-refractivity contribution in [2.24, 2.45) is 7.05 Å². The van der Waals surface area contributed by atoms with Gasteiger partial charge in [0.05, 0.1) is 5.52 Å². The quantitative estimate of drug-likeness (QED) is 0.675. The molecular formula is C16H14N2O. The van der Waals surface area contributed by atoms with Gasteiger partial charge < -0.3 is 10.3 Å². The number of fused-ring (bicyclic) bond motifs is 1. The fourth-order valence-electron chi connectivity index (χ4n) is 2.34. The summed E-state index contributed by atoms with van der Waals surface area (Å²) in [5, 5.41) is 1.04. The molecule has 0 aliphatic carbocycles. The first kappa shape index (κ1) is 11.5. The number of pyridine rings is 1. The maximum absolute atomic E-state index is 12.4. The topological polar surface area (TPSA) is 48.0 Å². The molecule has 0 saturated heterocycles. The molecule has 0 spiro atoms. The van der Waals surface area contributed by atoms with Gasteiger partial charge in [-0.2, -0.15) is 0 Å². The molecule has 2 aromatic carbocycles. The Bertz CT molecular complexity index is 818. The zero-order valence-electron chi connectivity index (χ0n) is 10.6. The summed E-state index contributed by atoms with van der Waals surface area (Å²) >= 11 is 0. The van der Waals surface area contributed by atoms with Crippen molar-refractivity contribution in [3.63, 3.8) is 0 Å². The monoisotopic (exact) mass is 250 g/mol. The van der Waals surface area contributed by atoms with E-state index in [1.807, 2.05) is 54.6 Å². The fraction of sp³-hybridized carbons (Fsp3) is 0.0625. The summed E-state index contributed by atoms with van der Waals surface area (Å²) in [7, 11) is 1.79. The van der Waals surface area contributed by atoms with Gasteiger partial charge in [-0.1, -0.05) is 30.3 Å². The number of nitrogens with two attached hydrogens (primary N) is 1. The van der Waals surface area contributed by atoms with Gasteiger partial charge in [-0.05, 0) is 35.2 Å². The summed E-state index contributed by atoms with van der Waals surface area (Å²) in [5.74, 6) is 0. The molecule has 3 aromatic rings. The van der Waals surface area contributed by atoms with Crippen LogP contribution >= 0.6 is 0 Å². The Morgan fingerprint density at radius 2 is 1.79 bits per heavy atom. The molecule has 94 valence electrons. The van der Waals surface area contributed by atoms with Crippen molar-refractivity contribution in [3.8, 4) is 11.1 Å². The minimum atomic E-state index is -0.00991. The Morgan fingerprint density at radius 3 is 2.58 bits per heavy atom. The molecule has 0 bridgehead atoms. The van der Waals surface area contributed by atoms with Gasteiger partial charge in [-0.15, -0.1) is 0 Å². The molecule has 2 N–H and O–H groups in total. The van der Waals surface area contributed by atoms with Crippen molar-refractivity contribution >= 4 is 16.6 Å². The third-order valence-electron chi connectivity index (χ3n) is 3.33. The average molecular weight is 250 g/mol. The lowest BCUT2D eigenvalue weighted by molar-refractivity contribution is 0.909. The minimum absolute atomic E-state index is 0.00991. The van der Waals surface area contributed by atoms with Crippen molar-refractivity contribution in [1.29, 1.82) is 0 Å². The molecule has 1 aromatic heterocycles. The van der Waals surface area contributed by atoms with Crippen LogP contribution in [0, 0.1) is 0 Å². The van der Waals surface area contributed by atoms with Crippen molar-refractivity contribution in [2.45, 2.75) is 0 Å². The summed E-state index contributed by atoms with van der Waals surface area (Å²) < 4.78 is 1.67. The van der Waals surface area contributed by atoms with Crippen LogP contribution in [0.3, 0.4) is 0 Å². The van der Waals surface area contributed by atoms with Crippen LogP contribution in [0.2, 0.25) is 0 Å². The molecule has 1 heterocycles. The van der Waals surface area contributed by atoms with E-state index in [4.69, 9.17) is 5.73 Å². The highest BCUT2D eigenvalue weighted by Gasteiger charge is 2.08. The van der Waals surface area contributed by atoms with Gasteiger partial charge in [0.25, 0.3) is 5.56 Å². The third-order valence-corrected chi connectivity index (χ3v) is 3.33. The SMILES string of the molecule is Cn1c(=O)c(-c2cccc(N)c2)cc2ccccc21. The summed E-state index contributed by atoms with van der Waals surface area (Å²) in [4.78, 5) is 12.4. The van der Waals surface area contributed by atoms with Crippen molar-refractivity contribution in [2.75, 3.05) is 5.73 Å². The summed E-state index contributed by atoms with van der Waals surface area (Å²) in [6.45, 7) is 0. The molecular weight excluding hydrogens is 236 g/mol. The molecule has 3 rings (SSSR count). The molecule has 0 unspecified atom stereocenters. The molecule has 3 nitrogen and oxygen atoms in total. The second kappa shape index (κ2) is 4.28. The lowest BCUT2D eigenvalue weighted by Crippen LogP contribution is -2.18. The Labute approximate surface area is 110 Å². The van der Waals surface area contributed by atoms with Gasteiger partial charge in [0.2, 0.25) is 0 Å². The van der Waals surface area contributed by atoms with Crippen LogP contribution in [0.5, 0.6) is 0 Å². The largest absolute Gasteiger partial charge is 0.399 e. The maximum atomic E-state index is 12.4. The number of aromatic nitrogens is 1. The number of aryl methyl sites for hydroxylation is 1. The molecule has 0 aliphatic rings. The molecule has 3 heteroatoms. The predicted molar refractivity (Wildman–Crippen MR) is 79.0 cm³/mol. The fourth-order valence-corrected chi connectivity index (χ4v) is 2.34. The Balaban J connectivity index is 2.36. The summed E-state index contributed by atoms with van der Waals surface area (Å²) in [6.07, 6.45) is 0. The zero-order valence-corrected chi connectivity index (χ0v) is 10.6. The molecule has 0 aliphatic heterocycles. The average Bonchev–Trinajstić information content (AvgIpc) is 2.43. The van der Waals surface area contributed by atoms with Crippen LogP contribution in [0.25, 0.3) is 22.0 Å². The minimum Gasteiger partial charge on any atom is -0.399 e. The highest BCUT2D eigenvalue weighted by Crippen LogP contribution is 2.22. The summed E-state index contributed by atoms with van der Waals surface area (Å²) in [5.41, 5.74) is 8.90. The van der Waals surface area contributed by atoms with E-state index < -0.39 is 0 Å². The number of anilines is 1. The van der Waals surface area contributed by atoms with Crippen LogP contribution < -0.4 is 11.3 Å². The van der Waals surface area contributed by atoms with E-state index in [1.165, 1.54) is 0 Å². The van der Waals surface area contributed by atoms with Crippen LogP contribution in [0.15, 0.2) is 59.4 Å². The van der Waals surface area contributed by atoms with E-state index >= 15 is 0 Å². The number of nitrogen functional groups attached to an aromatic ring is 1. The second-order valence-electron chi connectivity index (χ2n) is 4.61. The molecule has 0 atom stereocenters. The Hall–Kier alpha value is -2.55. The van der Waals surface area contributed by atoms with Gasteiger partial charge in [0.1, 0.15) is 0 Å². The first-order chi connectivity index (χ1) is 9.16. The van der Waals surface area contributed by atoms with E-state index in [0.29, 0.717) is 11.3 Å². The van der Waals surface area contributed by atoms with Crippen molar-refractivity contribution in [1.82, 2.24) is 4.57 Å². The molecule has 0 radical (unpaired) electrons. The number of benzene rings is 2. The molecule has 0 saturated carbocycles. The number of hydrogen-bond donors (Lipinski definition) is 1. The Kier molecular flexibility index (Phi) is 2.60. The normalized spacial score (nSPS) is 10.8. The van der Waals surface area contributed by atoms with Gasteiger partial charge in [-0.3, -0.25) is 4.79 Å². The Morgan fingerprint density at radius 1 is 1.00 bits per heavy atom. The second-order valence-corrected chi connectivity index (χ2v) is 4.61. The van der Waals surface area contributed by atoms with Crippen molar-refractivity contribution in [3.05, 3.63) is 65.0 Å². The first-order valence-corrected chi connectivity index (χ1v) is 6.11. The van der Waals surface area contributed by atoms with E-state index in [2.05, 4.69) is 0 Å². The van der Waals surface area contributed by atoms with E-state index in [0.717, 1.165) is 16.5 Å². The van der Waals surface area contributed by atoms with Gasteiger partial charge in [-0.25, -0.2) is 0 Å². The third kappa shape index (κ3) is 1.89. The van der Waals surface area contributed by atoms with E-state index in [-0.39, 0.29) is 5.56 Å². The highest BCUT2D eigenvalue weighted by molar-refractivity contribution is 5.84. The molecule has 19 heavy (non-hydrogen) atoms. The molecule has 0 fully saturated rings. The van der Waals surface area contributed by atoms with Gasteiger partial charge in [0, 0.05) is 18.3 Å². The smallest absolute Gasteiger partial charge is 0.258 e. The zero-order chi connectivity index (χ0) is 13.4. The maximum Gasteiger partial charge on any atom is 0.258 e. The predicted octanol–water partition coefficient (Wildman–Crippen LogP) is 2.79.